The summed E-state index contributed by atoms with van der Waals surface area (Å²) >= 11 is 14.2. The summed E-state index contributed by atoms with van der Waals surface area (Å²) in [5.41, 5.74) is 0.649. The Bertz CT molecular complexity index is 1130. The number of fused-ring (bicyclic) bond motifs is 1. The van der Waals surface area contributed by atoms with Crippen LogP contribution in [0.4, 0.5) is 4.79 Å². The predicted molar refractivity (Wildman–Crippen MR) is 130 cm³/mol. The minimum absolute atomic E-state index is 0.196. The fraction of sp³-hybridized carbons (Fsp3) is 0.364. The van der Waals surface area contributed by atoms with Crippen molar-refractivity contribution < 1.29 is 29.0 Å². The third-order valence-electron chi connectivity index (χ3n) is 5.38. The molecule has 9 nitrogen and oxygen atoms in total. The lowest BCUT2D eigenvalue weighted by Crippen LogP contribution is -2.53. The molecule has 0 saturated carbocycles. The molecule has 2 aromatic rings. The molecule has 1 aromatic carbocycles. The van der Waals surface area contributed by atoms with Crippen LogP contribution in [0.1, 0.15) is 24.8 Å². The van der Waals surface area contributed by atoms with Crippen LogP contribution in [0.5, 0.6) is 0 Å². The third kappa shape index (κ3) is 6.40. The average Bonchev–Trinajstić information content (AvgIpc) is 3.28. The Labute approximate surface area is 209 Å². The van der Waals surface area contributed by atoms with Gasteiger partial charge in [-0.2, -0.15) is 0 Å². The van der Waals surface area contributed by atoms with E-state index in [4.69, 9.17) is 28.3 Å². The number of halogens is 2. The Morgan fingerprint density at radius 2 is 1.97 bits per heavy atom. The topological polar surface area (TPSA) is 125 Å². The molecule has 3 N–H and O–H groups in total. The molecule has 0 bridgehead atoms. The molecular weight excluding hydrogens is 505 g/mol. The highest BCUT2D eigenvalue weighted by Crippen LogP contribution is 2.37. The van der Waals surface area contributed by atoms with Crippen molar-refractivity contribution in [2.45, 2.75) is 31.3 Å². The number of carboxylic acids is 1. The van der Waals surface area contributed by atoms with Gasteiger partial charge < -0.3 is 25.4 Å². The highest BCUT2D eigenvalue weighted by molar-refractivity contribution is 7.18. The van der Waals surface area contributed by atoms with E-state index in [1.54, 1.807) is 11.0 Å². The summed E-state index contributed by atoms with van der Waals surface area (Å²) in [5, 5.41) is 17.7. The zero-order valence-electron chi connectivity index (χ0n) is 18.2. The van der Waals surface area contributed by atoms with Crippen LogP contribution in [0.2, 0.25) is 10.0 Å². The van der Waals surface area contributed by atoms with Crippen LogP contribution in [-0.4, -0.2) is 66.2 Å². The monoisotopic (exact) mass is 527 g/mol. The number of carbonyl (C=O) groups is 4. The zero-order valence-corrected chi connectivity index (χ0v) is 20.5. The number of carbonyl (C=O) groups excluding carboxylic acids is 3. The highest BCUT2D eigenvalue weighted by atomic mass is 35.5. The van der Waals surface area contributed by atoms with Gasteiger partial charge in [0.1, 0.15) is 6.04 Å². The van der Waals surface area contributed by atoms with E-state index in [9.17, 15) is 19.2 Å². The maximum atomic E-state index is 12.6. The Kier molecular flexibility index (Phi) is 8.76. The number of methoxy groups -OCH3 is 1. The quantitative estimate of drug-likeness (QED) is 0.473. The molecule has 1 fully saturated rings. The Hall–Kier alpha value is -2.82. The van der Waals surface area contributed by atoms with Crippen LogP contribution in [0.15, 0.2) is 23.6 Å². The summed E-state index contributed by atoms with van der Waals surface area (Å²) in [6.45, 7) is 0.806. The van der Waals surface area contributed by atoms with Crippen molar-refractivity contribution in [3.8, 4) is 0 Å². The number of alkyl carbamates (subject to hydrolysis) is 1. The second-order valence-electron chi connectivity index (χ2n) is 7.66. The first-order chi connectivity index (χ1) is 16.2. The van der Waals surface area contributed by atoms with Crippen molar-refractivity contribution in [3.05, 3.63) is 39.2 Å². The molecule has 1 saturated heterocycles. The number of hydrogen-bond acceptors (Lipinski definition) is 6. The fourth-order valence-corrected chi connectivity index (χ4v) is 5.03. The first kappa shape index (κ1) is 25.8. The van der Waals surface area contributed by atoms with Gasteiger partial charge in [0.25, 0.3) is 0 Å². The van der Waals surface area contributed by atoms with E-state index in [1.807, 2.05) is 17.5 Å². The van der Waals surface area contributed by atoms with Crippen molar-refractivity contribution in [2.75, 3.05) is 20.2 Å². The van der Waals surface area contributed by atoms with Crippen LogP contribution in [0.25, 0.3) is 16.2 Å². The van der Waals surface area contributed by atoms with E-state index in [0.29, 0.717) is 41.5 Å². The van der Waals surface area contributed by atoms with E-state index in [2.05, 4.69) is 15.4 Å². The zero-order chi connectivity index (χ0) is 24.8. The van der Waals surface area contributed by atoms with Crippen LogP contribution in [-0.2, 0) is 19.1 Å². The van der Waals surface area contributed by atoms with E-state index in [1.165, 1.54) is 17.4 Å². The summed E-state index contributed by atoms with van der Waals surface area (Å²) in [5.74, 6) is -2.05. The molecule has 0 aliphatic carbocycles. The molecule has 3 rings (SSSR count). The molecule has 3 amide bonds. The molecule has 1 aliphatic heterocycles. The summed E-state index contributed by atoms with van der Waals surface area (Å²) in [4.78, 5) is 49.2. The van der Waals surface area contributed by atoms with Gasteiger partial charge in [-0.3, -0.25) is 14.4 Å². The number of thiophene rings is 1. The number of ether oxygens (including phenoxy) is 1. The van der Waals surface area contributed by atoms with Crippen molar-refractivity contribution in [3.63, 3.8) is 0 Å². The van der Waals surface area contributed by atoms with Crippen molar-refractivity contribution in [1.82, 2.24) is 15.5 Å². The summed E-state index contributed by atoms with van der Waals surface area (Å²) in [6.07, 6.45) is 2.57. The second-order valence-corrected chi connectivity index (χ2v) is 9.33. The molecule has 182 valence electrons. The summed E-state index contributed by atoms with van der Waals surface area (Å²) in [7, 11) is 1.12. The Balaban J connectivity index is 1.55. The molecule has 1 atom stereocenters. The number of aliphatic carboxylic acids is 1. The molecule has 0 radical (unpaired) electrons. The van der Waals surface area contributed by atoms with E-state index in [0.717, 1.165) is 17.2 Å². The highest BCUT2D eigenvalue weighted by Gasteiger charge is 2.28. The largest absolute Gasteiger partial charge is 0.481 e. The number of likely N-dealkylation sites (tertiary alicyclic amines) is 1. The third-order valence-corrected chi connectivity index (χ3v) is 7.33. The normalized spacial score (nSPS) is 15.3. The predicted octanol–water partition coefficient (Wildman–Crippen LogP) is 3.53. The van der Waals surface area contributed by atoms with Gasteiger partial charge in [0.2, 0.25) is 11.8 Å². The van der Waals surface area contributed by atoms with Gasteiger partial charge in [0, 0.05) is 25.2 Å². The molecule has 1 aliphatic rings. The molecule has 12 heteroatoms. The molecule has 0 spiro atoms. The maximum absolute atomic E-state index is 12.6. The Morgan fingerprint density at radius 3 is 2.62 bits per heavy atom. The number of hydrogen-bond donors (Lipinski definition) is 3. The molecule has 2 heterocycles. The van der Waals surface area contributed by atoms with Crippen molar-refractivity contribution >= 4 is 74.6 Å². The van der Waals surface area contributed by atoms with Gasteiger partial charge in [-0.05, 0) is 47.4 Å². The SMILES string of the molecule is COC(=O)N[C@@H](CC(=O)O)C(=O)NC1CCN(C(=O)/C=C/c2cc3ccsc3c(Cl)c2Cl)CC1. The molecule has 0 unspecified atom stereocenters. The number of nitrogens with one attached hydrogen (secondary N) is 2. The first-order valence-electron chi connectivity index (χ1n) is 10.4. The lowest BCUT2D eigenvalue weighted by Gasteiger charge is -2.32. The minimum Gasteiger partial charge on any atom is -0.481 e. The van der Waals surface area contributed by atoms with Gasteiger partial charge in [-0.25, -0.2) is 4.79 Å². The smallest absolute Gasteiger partial charge is 0.407 e. The summed E-state index contributed by atoms with van der Waals surface area (Å²) < 4.78 is 5.33. The number of carboxylic acid groups (broad SMARTS) is 1. The van der Waals surface area contributed by atoms with Gasteiger partial charge in [-0.15, -0.1) is 11.3 Å². The lowest BCUT2D eigenvalue weighted by molar-refractivity contribution is -0.140. The number of nitrogens with zero attached hydrogens (tertiary/aromatic N) is 1. The number of amides is 3. The van der Waals surface area contributed by atoms with Gasteiger partial charge in [0.05, 0.1) is 28.3 Å². The molecule has 1 aromatic heterocycles. The second kappa shape index (κ2) is 11.5. The Morgan fingerprint density at radius 1 is 1.26 bits per heavy atom. The van der Waals surface area contributed by atoms with E-state index >= 15 is 0 Å². The van der Waals surface area contributed by atoms with Crippen molar-refractivity contribution in [2.24, 2.45) is 0 Å². The average molecular weight is 528 g/mol. The van der Waals surface area contributed by atoms with Crippen LogP contribution < -0.4 is 10.6 Å². The van der Waals surface area contributed by atoms with Gasteiger partial charge in [0.15, 0.2) is 0 Å². The van der Waals surface area contributed by atoms with Crippen LogP contribution in [0.3, 0.4) is 0 Å². The van der Waals surface area contributed by atoms with E-state index < -0.39 is 30.4 Å². The van der Waals surface area contributed by atoms with Crippen molar-refractivity contribution in [1.29, 1.82) is 0 Å². The number of rotatable bonds is 7. The number of piperidine rings is 1. The minimum atomic E-state index is -1.26. The fourth-order valence-electron chi connectivity index (χ4n) is 3.59. The van der Waals surface area contributed by atoms with Gasteiger partial charge in [-0.1, -0.05) is 23.2 Å². The van der Waals surface area contributed by atoms with Crippen LogP contribution in [0, 0.1) is 0 Å². The maximum Gasteiger partial charge on any atom is 0.407 e. The van der Waals surface area contributed by atoms with E-state index in [-0.39, 0.29) is 11.9 Å². The summed E-state index contributed by atoms with van der Waals surface area (Å²) in [6, 6.07) is 2.29. The molecule has 34 heavy (non-hydrogen) atoms. The number of benzene rings is 1. The first-order valence-corrected chi connectivity index (χ1v) is 12.0. The standard InChI is InChI=1S/C22H23Cl2N3O6S/c1-33-22(32)26-15(11-17(29)30)21(31)25-14-4-7-27(8-5-14)16(28)3-2-12-10-13-6-9-34-20(13)19(24)18(12)23/h2-3,6,9-10,14-15H,4-5,7-8,11H2,1H3,(H,25,31)(H,26,32)(H,29,30)/b3-2+/t15-/m0/s1. The molecular formula is C22H23Cl2N3O6S. The van der Waals surface area contributed by atoms with Gasteiger partial charge >= 0.3 is 12.1 Å². The lowest BCUT2D eigenvalue weighted by atomic mass is 10.0. The van der Waals surface area contributed by atoms with Crippen LogP contribution >= 0.6 is 34.5 Å².